The summed E-state index contributed by atoms with van der Waals surface area (Å²) in [6, 6.07) is 16.3. The van der Waals surface area contributed by atoms with Crippen LogP contribution in [0.25, 0.3) is 0 Å². The van der Waals surface area contributed by atoms with E-state index in [1.54, 1.807) is 0 Å². The molecule has 100 valence electrons. The predicted molar refractivity (Wildman–Crippen MR) is 75.8 cm³/mol. The van der Waals surface area contributed by atoms with Crippen LogP contribution in [0.1, 0.15) is 16.7 Å². The summed E-state index contributed by atoms with van der Waals surface area (Å²) in [5, 5.41) is 0. The van der Waals surface area contributed by atoms with Crippen LogP contribution in [0.15, 0.2) is 48.5 Å². The van der Waals surface area contributed by atoms with Crippen molar-refractivity contribution in [3.05, 3.63) is 65.2 Å². The molecule has 0 aromatic heterocycles. The van der Waals surface area contributed by atoms with E-state index in [2.05, 4.69) is 35.2 Å². The molecule has 0 amide bonds. The Kier molecular flexibility index (Phi) is 4.95. The molecule has 19 heavy (non-hydrogen) atoms. The van der Waals surface area contributed by atoms with E-state index in [-0.39, 0.29) is 0 Å². The average molecular weight is 257 g/mol. The third kappa shape index (κ3) is 4.09. The van der Waals surface area contributed by atoms with Crippen molar-refractivity contribution in [2.45, 2.75) is 20.0 Å². The fourth-order valence-corrected chi connectivity index (χ4v) is 1.87. The van der Waals surface area contributed by atoms with Gasteiger partial charge in [0.25, 0.3) is 0 Å². The van der Waals surface area contributed by atoms with E-state index in [4.69, 9.17) is 10.6 Å². The summed E-state index contributed by atoms with van der Waals surface area (Å²) < 4.78 is 5.87. The van der Waals surface area contributed by atoms with Crippen molar-refractivity contribution in [3.63, 3.8) is 0 Å². The molecule has 2 rings (SSSR count). The first-order chi connectivity index (χ1) is 9.29. The van der Waals surface area contributed by atoms with Crippen molar-refractivity contribution in [2.24, 2.45) is 5.90 Å². The van der Waals surface area contributed by atoms with Crippen LogP contribution in [0, 0.1) is 6.92 Å². The first kappa shape index (κ1) is 13.6. The first-order valence-electron chi connectivity index (χ1n) is 6.37. The molecule has 3 nitrogen and oxygen atoms in total. The highest BCUT2D eigenvalue weighted by molar-refractivity contribution is 5.37. The van der Waals surface area contributed by atoms with Crippen molar-refractivity contribution in [2.75, 3.05) is 6.61 Å². The zero-order valence-electron chi connectivity index (χ0n) is 11.1. The summed E-state index contributed by atoms with van der Waals surface area (Å²) >= 11 is 0. The number of nitrogens with two attached hydrogens (primary N) is 1. The van der Waals surface area contributed by atoms with Gasteiger partial charge in [-0.05, 0) is 36.1 Å². The van der Waals surface area contributed by atoms with Gasteiger partial charge in [0.15, 0.2) is 0 Å². The van der Waals surface area contributed by atoms with Gasteiger partial charge in [-0.2, -0.15) is 0 Å². The van der Waals surface area contributed by atoms with Gasteiger partial charge in [-0.1, -0.05) is 42.5 Å². The van der Waals surface area contributed by atoms with Gasteiger partial charge >= 0.3 is 0 Å². The normalized spacial score (nSPS) is 10.4. The van der Waals surface area contributed by atoms with Crippen molar-refractivity contribution in [3.8, 4) is 5.75 Å². The number of hydrogen-bond donors (Lipinski definition) is 1. The van der Waals surface area contributed by atoms with Crippen LogP contribution in [0.2, 0.25) is 0 Å². The Balaban J connectivity index is 2.02. The Bertz CT molecular complexity index is 511. The van der Waals surface area contributed by atoms with Crippen molar-refractivity contribution in [1.29, 1.82) is 0 Å². The second kappa shape index (κ2) is 6.92. The maximum absolute atomic E-state index is 5.87. The zero-order valence-corrected chi connectivity index (χ0v) is 11.1. The van der Waals surface area contributed by atoms with Gasteiger partial charge in [0.1, 0.15) is 12.4 Å². The summed E-state index contributed by atoms with van der Waals surface area (Å²) in [5.74, 6) is 5.96. The highest BCUT2D eigenvalue weighted by atomic mass is 16.6. The molecule has 0 saturated heterocycles. The van der Waals surface area contributed by atoms with E-state index in [9.17, 15) is 0 Å². The molecule has 3 heteroatoms. The molecule has 0 radical (unpaired) electrons. The lowest BCUT2D eigenvalue weighted by Crippen LogP contribution is -2.04. The minimum Gasteiger partial charge on any atom is -0.489 e. The Labute approximate surface area is 113 Å². The van der Waals surface area contributed by atoms with Crippen LogP contribution in [0.4, 0.5) is 0 Å². The van der Waals surface area contributed by atoms with Crippen molar-refractivity contribution in [1.82, 2.24) is 0 Å². The molecule has 0 aliphatic carbocycles. The van der Waals surface area contributed by atoms with E-state index in [0.717, 1.165) is 23.3 Å². The molecule has 0 atom stereocenters. The van der Waals surface area contributed by atoms with Crippen LogP contribution < -0.4 is 10.6 Å². The molecule has 0 fully saturated rings. The van der Waals surface area contributed by atoms with Crippen molar-refractivity contribution < 1.29 is 9.57 Å². The Morgan fingerprint density at radius 1 is 1.00 bits per heavy atom. The van der Waals surface area contributed by atoms with Gasteiger partial charge in [-0.25, -0.2) is 5.90 Å². The molecule has 0 bridgehead atoms. The van der Waals surface area contributed by atoms with Gasteiger partial charge < -0.3 is 9.57 Å². The smallest absolute Gasteiger partial charge is 0.122 e. The Morgan fingerprint density at radius 3 is 2.53 bits per heavy atom. The predicted octanol–water partition coefficient (Wildman–Crippen LogP) is 3.01. The Morgan fingerprint density at radius 2 is 1.79 bits per heavy atom. The molecular formula is C16H19NO2. The first-order valence-corrected chi connectivity index (χ1v) is 6.37. The summed E-state index contributed by atoms with van der Waals surface area (Å²) in [7, 11) is 0. The average Bonchev–Trinajstić information content (AvgIpc) is 2.46. The van der Waals surface area contributed by atoms with Crippen LogP contribution >= 0.6 is 0 Å². The second-order valence-corrected chi connectivity index (χ2v) is 4.49. The summed E-state index contributed by atoms with van der Waals surface area (Å²) in [5.41, 5.74) is 3.46. The van der Waals surface area contributed by atoms with E-state index < -0.39 is 0 Å². The lowest BCUT2D eigenvalue weighted by molar-refractivity contribution is 0.141. The lowest BCUT2D eigenvalue weighted by atomic mass is 10.1. The summed E-state index contributed by atoms with van der Waals surface area (Å²) in [6.45, 7) is 3.14. The quantitative estimate of drug-likeness (QED) is 0.809. The summed E-state index contributed by atoms with van der Waals surface area (Å²) in [4.78, 5) is 4.60. The van der Waals surface area contributed by atoms with E-state index in [0.29, 0.717) is 13.2 Å². The minimum atomic E-state index is 0.515. The fourth-order valence-electron chi connectivity index (χ4n) is 1.87. The maximum atomic E-state index is 5.87. The number of ether oxygens (including phenoxy) is 1. The highest BCUT2D eigenvalue weighted by Crippen LogP contribution is 2.21. The lowest BCUT2D eigenvalue weighted by Gasteiger charge is -2.11. The van der Waals surface area contributed by atoms with Gasteiger partial charge in [0.2, 0.25) is 0 Å². The number of aryl methyl sites for hydroxylation is 1. The van der Waals surface area contributed by atoms with Gasteiger partial charge in [-0.15, -0.1) is 0 Å². The van der Waals surface area contributed by atoms with Crippen LogP contribution in [0.3, 0.4) is 0 Å². The van der Waals surface area contributed by atoms with E-state index in [1.807, 2.05) is 25.1 Å². The molecule has 0 spiro atoms. The molecule has 2 N–H and O–H groups in total. The van der Waals surface area contributed by atoms with Gasteiger partial charge in [0, 0.05) is 0 Å². The van der Waals surface area contributed by atoms with E-state index >= 15 is 0 Å². The van der Waals surface area contributed by atoms with Gasteiger partial charge in [-0.3, -0.25) is 0 Å². The third-order valence-electron chi connectivity index (χ3n) is 3.00. The third-order valence-corrected chi connectivity index (χ3v) is 3.00. The molecule has 2 aromatic rings. The SMILES string of the molecule is Cc1ccc(CCON)cc1OCc1ccccc1. The molecule has 0 saturated carbocycles. The van der Waals surface area contributed by atoms with Crippen LogP contribution in [-0.4, -0.2) is 6.61 Å². The Hall–Kier alpha value is -1.84. The van der Waals surface area contributed by atoms with E-state index in [1.165, 1.54) is 5.56 Å². The highest BCUT2D eigenvalue weighted by Gasteiger charge is 2.02. The van der Waals surface area contributed by atoms with Crippen molar-refractivity contribution >= 4 is 0 Å². The number of rotatable bonds is 6. The van der Waals surface area contributed by atoms with Crippen LogP contribution in [-0.2, 0) is 17.9 Å². The summed E-state index contributed by atoms with van der Waals surface area (Å²) in [6.07, 6.45) is 0.790. The number of benzene rings is 2. The van der Waals surface area contributed by atoms with Gasteiger partial charge in [0.05, 0.1) is 6.61 Å². The monoisotopic (exact) mass is 257 g/mol. The molecule has 2 aromatic carbocycles. The molecule has 0 unspecified atom stereocenters. The molecular weight excluding hydrogens is 238 g/mol. The molecule has 0 heterocycles. The molecule has 0 aliphatic rings. The molecule has 0 aliphatic heterocycles. The second-order valence-electron chi connectivity index (χ2n) is 4.49. The van der Waals surface area contributed by atoms with Crippen LogP contribution in [0.5, 0.6) is 5.75 Å². The minimum absolute atomic E-state index is 0.515. The standard InChI is InChI=1S/C16H19NO2/c1-13-7-8-14(9-10-19-17)11-16(13)18-12-15-5-3-2-4-6-15/h2-8,11H,9-10,12,17H2,1H3. The largest absolute Gasteiger partial charge is 0.489 e. The fraction of sp³-hybridized carbons (Fsp3) is 0.250. The number of hydrogen-bond acceptors (Lipinski definition) is 3. The maximum Gasteiger partial charge on any atom is 0.122 e. The topological polar surface area (TPSA) is 44.5 Å². The zero-order chi connectivity index (χ0) is 13.5.